The average molecular weight is 248 g/mol. The molecule has 2 aliphatic carbocycles. The first-order valence-corrected chi connectivity index (χ1v) is 8.86. The quantitative estimate of drug-likeness (QED) is 0.564. The van der Waals surface area contributed by atoms with Gasteiger partial charge in [0, 0.05) is 0 Å². The second-order valence-corrected chi connectivity index (χ2v) is 7.19. The Bertz CT molecular complexity index is 194. The van der Waals surface area contributed by atoms with E-state index in [1.54, 1.807) is 25.7 Å². The highest BCUT2D eigenvalue weighted by molar-refractivity contribution is 6.11. The monoisotopic (exact) mass is 248 g/mol. The van der Waals surface area contributed by atoms with E-state index in [1.165, 1.54) is 64.2 Å². The summed E-state index contributed by atoms with van der Waals surface area (Å²) in [7, 11) is 2.46. The fraction of sp³-hybridized carbons (Fsp3) is 1.00. The fourth-order valence-corrected chi connectivity index (χ4v) is 4.35. The van der Waals surface area contributed by atoms with Crippen LogP contribution in [0.3, 0.4) is 0 Å². The third kappa shape index (κ3) is 4.98. The molecule has 2 aliphatic rings. The molecule has 1 heteroatoms. The standard InChI is InChI=1S/C17H33B/c18-17-13-7-11-16(12-8-14-17)15-9-5-3-1-2-4-6-10-15/h15-17H,1-14,18H2. The second kappa shape index (κ2) is 8.28. The van der Waals surface area contributed by atoms with E-state index in [1.807, 2.05) is 0 Å². The molecule has 0 aromatic carbocycles. The van der Waals surface area contributed by atoms with Crippen LogP contribution in [0.25, 0.3) is 0 Å². The number of rotatable bonds is 1. The van der Waals surface area contributed by atoms with Crippen molar-refractivity contribution >= 4 is 7.85 Å². The van der Waals surface area contributed by atoms with Crippen LogP contribution < -0.4 is 0 Å². The molecule has 0 heterocycles. The molecule has 0 aliphatic heterocycles. The molecule has 2 rings (SSSR count). The average Bonchev–Trinajstić information content (AvgIpc) is 2.47. The van der Waals surface area contributed by atoms with Gasteiger partial charge in [0.15, 0.2) is 0 Å². The van der Waals surface area contributed by atoms with Crippen molar-refractivity contribution in [3.05, 3.63) is 0 Å². The fourth-order valence-electron chi connectivity index (χ4n) is 4.35. The van der Waals surface area contributed by atoms with E-state index >= 15 is 0 Å². The molecule has 0 unspecified atom stereocenters. The molecule has 0 aromatic heterocycles. The van der Waals surface area contributed by atoms with Gasteiger partial charge in [0.2, 0.25) is 0 Å². The van der Waals surface area contributed by atoms with Gasteiger partial charge < -0.3 is 0 Å². The van der Waals surface area contributed by atoms with E-state index in [0.29, 0.717) is 0 Å². The van der Waals surface area contributed by atoms with E-state index in [4.69, 9.17) is 0 Å². The zero-order valence-electron chi connectivity index (χ0n) is 12.6. The van der Waals surface area contributed by atoms with Gasteiger partial charge in [-0.1, -0.05) is 95.7 Å². The Morgan fingerprint density at radius 1 is 0.444 bits per heavy atom. The minimum Gasteiger partial charge on any atom is -0.0697 e. The van der Waals surface area contributed by atoms with Crippen molar-refractivity contribution in [3.8, 4) is 0 Å². The predicted molar refractivity (Wildman–Crippen MR) is 83.9 cm³/mol. The van der Waals surface area contributed by atoms with Crippen LogP contribution in [-0.2, 0) is 0 Å². The zero-order chi connectivity index (χ0) is 12.6. The first kappa shape index (κ1) is 14.5. The molecule has 0 spiro atoms. The van der Waals surface area contributed by atoms with E-state index < -0.39 is 0 Å². The van der Waals surface area contributed by atoms with Crippen molar-refractivity contribution in [1.29, 1.82) is 0 Å². The highest BCUT2D eigenvalue weighted by Crippen LogP contribution is 2.36. The summed E-state index contributed by atoms with van der Waals surface area (Å²) in [5, 5.41) is 0. The molecule has 0 radical (unpaired) electrons. The molecular weight excluding hydrogens is 215 g/mol. The van der Waals surface area contributed by atoms with Crippen LogP contribution in [-0.4, -0.2) is 7.85 Å². The van der Waals surface area contributed by atoms with Gasteiger partial charge in [0.25, 0.3) is 0 Å². The Labute approximate surface area is 116 Å². The lowest BCUT2D eigenvalue weighted by Crippen LogP contribution is -2.17. The van der Waals surface area contributed by atoms with Crippen molar-refractivity contribution < 1.29 is 0 Å². The molecule has 0 saturated heterocycles. The van der Waals surface area contributed by atoms with Crippen LogP contribution in [0.1, 0.15) is 89.9 Å². The lowest BCUT2D eigenvalue weighted by atomic mass is 9.72. The summed E-state index contributed by atoms with van der Waals surface area (Å²) >= 11 is 0. The summed E-state index contributed by atoms with van der Waals surface area (Å²) in [6, 6.07) is 0. The van der Waals surface area contributed by atoms with Gasteiger partial charge in [-0.05, 0) is 11.8 Å². The van der Waals surface area contributed by atoms with E-state index in [2.05, 4.69) is 7.85 Å². The van der Waals surface area contributed by atoms with Gasteiger partial charge in [-0.2, -0.15) is 0 Å². The van der Waals surface area contributed by atoms with E-state index in [-0.39, 0.29) is 0 Å². The Kier molecular flexibility index (Phi) is 6.66. The maximum atomic E-state index is 2.46. The molecule has 104 valence electrons. The molecular formula is C17H33B. The maximum absolute atomic E-state index is 2.46. The van der Waals surface area contributed by atoms with Crippen LogP contribution in [0.2, 0.25) is 5.82 Å². The number of hydrogen-bond acceptors (Lipinski definition) is 0. The summed E-state index contributed by atoms with van der Waals surface area (Å²) < 4.78 is 0. The van der Waals surface area contributed by atoms with Gasteiger partial charge in [-0.3, -0.25) is 0 Å². The van der Waals surface area contributed by atoms with Crippen LogP contribution >= 0.6 is 0 Å². The molecule has 0 atom stereocenters. The normalized spacial score (nSPS) is 33.8. The van der Waals surface area contributed by atoms with Crippen molar-refractivity contribution in [1.82, 2.24) is 0 Å². The lowest BCUT2D eigenvalue weighted by Gasteiger charge is -2.30. The van der Waals surface area contributed by atoms with Crippen molar-refractivity contribution in [3.63, 3.8) is 0 Å². The van der Waals surface area contributed by atoms with Crippen LogP contribution in [0.4, 0.5) is 0 Å². The Balaban J connectivity index is 1.82. The van der Waals surface area contributed by atoms with Crippen LogP contribution in [0.5, 0.6) is 0 Å². The second-order valence-electron chi connectivity index (χ2n) is 7.19. The highest BCUT2D eigenvalue weighted by Gasteiger charge is 2.23. The Morgan fingerprint density at radius 3 is 1.33 bits per heavy atom. The third-order valence-electron chi connectivity index (χ3n) is 5.61. The molecule has 0 bridgehead atoms. The molecule has 2 fully saturated rings. The summed E-state index contributed by atoms with van der Waals surface area (Å²) in [4.78, 5) is 0. The van der Waals surface area contributed by atoms with Gasteiger partial charge in [-0.15, -0.1) is 0 Å². The largest absolute Gasteiger partial charge is 0.105 e. The Hall–Kier alpha value is 0.0649. The molecule has 0 N–H and O–H groups in total. The lowest BCUT2D eigenvalue weighted by molar-refractivity contribution is 0.233. The smallest absolute Gasteiger partial charge is 0.0697 e. The summed E-state index contributed by atoms with van der Waals surface area (Å²) in [6.07, 6.45) is 21.3. The minimum absolute atomic E-state index is 1.01. The summed E-state index contributed by atoms with van der Waals surface area (Å²) in [6.45, 7) is 0. The Morgan fingerprint density at radius 2 is 0.833 bits per heavy atom. The highest BCUT2D eigenvalue weighted by atomic mass is 14.3. The molecule has 18 heavy (non-hydrogen) atoms. The zero-order valence-corrected chi connectivity index (χ0v) is 12.6. The van der Waals surface area contributed by atoms with Gasteiger partial charge in [0.05, 0.1) is 0 Å². The van der Waals surface area contributed by atoms with Crippen LogP contribution in [0.15, 0.2) is 0 Å². The third-order valence-corrected chi connectivity index (χ3v) is 5.61. The van der Waals surface area contributed by atoms with Crippen molar-refractivity contribution in [2.24, 2.45) is 11.8 Å². The molecule has 0 amide bonds. The molecule has 0 nitrogen and oxygen atoms in total. The predicted octanol–water partition coefficient (Wildman–Crippen LogP) is 5.13. The van der Waals surface area contributed by atoms with Gasteiger partial charge in [0.1, 0.15) is 7.85 Å². The van der Waals surface area contributed by atoms with Gasteiger partial charge >= 0.3 is 0 Å². The van der Waals surface area contributed by atoms with Gasteiger partial charge in [-0.25, -0.2) is 0 Å². The van der Waals surface area contributed by atoms with Crippen molar-refractivity contribution in [2.45, 2.75) is 95.7 Å². The topological polar surface area (TPSA) is 0 Å². The van der Waals surface area contributed by atoms with Crippen LogP contribution in [0, 0.1) is 11.8 Å². The SMILES string of the molecule is BC1CCCC(C2CCCCCCCC2)CCC1. The molecule has 0 aromatic rings. The maximum Gasteiger partial charge on any atom is 0.105 e. The van der Waals surface area contributed by atoms with E-state index in [0.717, 1.165) is 17.7 Å². The number of hydrogen-bond donors (Lipinski definition) is 0. The van der Waals surface area contributed by atoms with Crippen molar-refractivity contribution in [2.75, 3.05) is 0 Å². The summed E-state index contributed by atoms with van der Waals surface area (Å²) in [5.41, 5.74) is 0. The first-order valence-electron chi connectivity index (χ1n) is 8.86. The minimum atomic E-state index is 1.01. The molecule has 2 saturated carbocycles. The summed E-state index contributed by atoms with van der Waals surface area (Å²) in [5.74, 6) is 3.19. The van der Waals surface area contributed by atoms with E-state index in [9.17, 15) is 0 Å². The first-order chi connectivity index (χ1) is 8.86.